The lowest BCUT2D eigenvalue weighted by molar-refractivity contribution is -0.117. The zero-order valence-electron chi connectivity index (χ0n) is 18.8. The van der Waals surface area contributed by atoms with Crippen LogP contribution in [0.15, 0.2) is 29.3 Å². The molecule has 1 aromatic carbocycles. The average Bonchev–Trinajstić information content (AvgIpc) is 2.69. The number of nitrogens with zero attached hydrogens (tertiary/aromatic N) is 4. The molecule has 3 rings (SSSR count). The molecule has 1 amide bonds. The number of sulfone groups is 1. The molecule has 2 aromatic rings. The number of anilines is 5. The highest BCUT2D eigenvalue weighted by atomic mass is 32.2. The van der Waals surface area contributed by atoms with Gasteiger partial charge in [0.2, 0.25) is 11.9 Å². The van der Waals surface area contributed by atoms with Crippen LogP contribution >= 0.6 is 0 Å². The fourth-order valence-electron chi connectivity index (χ4n) is 3.25. The van der Waals surface area contributed by atoms with E-state index in [1.54, 1.807) is 30.3 Å². The molecule has 2 N–H and O–H groups in total. The number of hydrogen-bond acceptors (Lipinski definition) is 8. The fourth-order valence-corrected chi connectivity index (χ4v) is 3.93. The van der Waals surface area contributed by atoms with Crippen molar-refractivity contribution < 1.29 is 13.2 Å². The smallest absolute Gasteiger partial charge is 0.246 e. The summed E-state index contributed by atoms with van der Waals surface area (Å²) < 4.78 is 24.4. The van der Waals surface area contributed by atoms with Gasteiger partial charge in [-0.15, -0.1) is 0 Å². The third-order valence-electron chi connectivity index (χ3n) is 5.30. The highest BCUT2D eigenvalue weighted by Crippen LogP contribution is 2.33. The second-order valence-electron chi connectivity index (χ2n) is 8.17. The number of carbonyl (C=O) groups excluding carboxylic acids is 1. The molecule has 0 aliphatic carbocycles. The maximum absolute atomic E-state index is 12.3. The predicted octanol–water partition coefficient (Wildman–Crippen LogP) is 3.03. The molecular weight excluding hydrogens is 416 g/mol. The van der Waals surface area contributed by atoms with Gasteiger partial charge in [-0.3, -0.25) is 4.79 Å². The molecule has 168 valence electrons. The van der Waals surface area contributed by atoms with Crippen molar-refractivity contribution in [2.24, 2.45) is 0 Å². The van der Waals surface area contributed by atoms with Gasteiger partial charge in [-0.25, -0.2) is 13.4 Å². The molecule has 9 nitrogen and oxygen atoms in total. The minimum absolute atomic E-state index is 0.0212. The van der Waals surface area contributed by atoms with Crippen molar-refractivity contribution in [3.63, 3.8) is 0 Å². The van der Waals surface area contributed by atoms with Crippen molar-refractivity contribution in [2.75, 3.05) is 40.3 Å². The Kier molecular flexibility index (Phi) is 6.40. The number of carbonyl (C=O) groups is 1. The molecule has 0 fully saturated rings. The van der Waals surface area contributed by atoms with Crippen LogP contribution in [0.4, 0.5) is 28.8 Å². The molecule has 0 radical (unpaired) electrons. The van der Waals surface area contributed by atoms with Crippen molar-refractivity contribution in [1.29, 1.82) is 0 Å². The van der Waals surface area contributed by atoms with Crippen LogP contribution in [0.5, 0.6) is 0 Å². The monoisotopic (exact) mass is 446 g/mol. The summed E-state index contributed by atoms with van der Waals surface area (Å²) in [6.45, 7) is 8.33. The zero-order valence-corrected chi connectivity index (χ0v) is 19.6. The first kappa shape index (κ1) is 22.8. The van der Waals surface area contributed by atoms with Gasteiger partial charge >= 0.3 is 0 Å². The van der Waals surface area contributed by atoms with Crippen LogP contribution in [0.3, 0.4) is 0 Å². The van der Waals surface area contributed by atoms with Crippen molar-refractivity contribution in [3.8, 4) is 0 Å². The zero-order chi connectivity index (χ0) is 22.9. The minimum Gasteiger partial charge on any atom is -0.383 e. The van der Waals surface area contributed by atoms with E-state index in [1.165, 1.54) is 6.26 Å². The van der Waals surface area contributed by atoms with Crippen LogP contribution in [0.25, 0.3) is 0 Å². The van der Waals surface area contributed by atoms with Gasteiger partial charge in [0.05, 0.1) is 17.6 Å². The molecule has 2 heterocycles. The van der Waals surface area contributed by atoms with E-state index in [1.807, 2.05) is 31.7 Å². The van der Waals surface area contributed by atoms with Crippen LogP contribution in [-0.2, 0) is 14.6 Å². The van der Waals surface area contributed by atoms with Gasteiger partial charge < -0.3 is 20.4 Å². The van der Waals surface area contributed by atoms with E-state index in [4.69, 9.17) is 0 Å². The number of fused-ring (bicyclic) bond motifs is 1. The van der Waals surface area contributed by atoms with Crippen LogP contribution in [0.2, 0.25) is 0 Å². The molecule has 31 heavy (non-hydrogen) atoms. The molecule has 0 saturated heterocycles. The highest BCUT2D eigenvalue weighted by Gasteiger charge is 2.30. The van der Waals surface area contributed by atoms with E-state index in [0.29, 0.717) is 28.8 Å². The average molecular weight is 447 g/mol. The first-order valence-electron chi connectivity index (χ1n) is 10.3. The molecule has 1 aliphatic heterocycles. The quantitative estimate of drug-likeness (QED) is 0.668. The van der Waals surface area contributed by atoms with Crippen molar-refractivity contribution >= 4 is 44.6 Å². The van der Waals surface area contributed by atoms with Gasteiger partial charge in [-0.2, -0.15) is 4.98 Å². The summed E-state index contributed by atoms with van der Waals surface area (Å²) in [6.07, 6.45) is 3.69. The number of aromatic nitrogens is 2. The van der Waals surface area contributed by atoms with Gasteiger partial charge in [0.1, 0.15) is 5.69 Å². The Morgan fingerprint density at radius 2 is 1.84 bits per heavy atom. The molecule has 0 bridgehead atoms. The van der Waals surface area contributed by atoms with Gasteiger partial charge in [-0.05, 0) is 45.4 Å². The maximum atomic E-state index is 12.3. The third-order valence-corrected chi connectivity index (χ3v) is 6.39. The Morgan fingerprint density at radius 1 is 1.16 bits per heavy atom. The molecule has 0 spiro atoms. The van der Waals surface area contributed by atoms with Crippen LogP contribution in [0, 0.1) is 0 Å². The van der Waals surface area contributed by atoms with Gasteiger partial charge in [0, 0.05) is 36.8 Å². The third kappa shape index (κ3) is 5.07. The summed E-state index contributed by atoms with van der Waals surface area (Å²) in [4.78, 5) is 24.9. The Bertz CT molecular complexity index is 1090. The van der Waals surface area contributed by atoms with E-state index in [2.05, 4.69) is 27.5 Å². The Morgan fingerprint density at radius 3 is 2.45 bits per heavy atom. The van der Waals surface area contributed by atoms with E-state index < -0.39 is 9.84 Å². The summed E-state index contributed by atoms with van der Waals surface area (Å²) in [7, 11) is -1.70. The van der Waals surface area contributed by atoms with Crippen LogP contribution < -0.4 is 20.4 Å². The largest absolute Gasteiger partial charge is 0.383 e. The summed E-state index contributed by atoms with van der Waals surface area (Å²) in [5, 5.41) is 6.44. The molecule has 1 atom stereocenters. The molecule has 1 unspecified atom stereocenters. The Hall–Kier alpha value is -2.88. The van der Waals surface area contributed by atoms with Crippen molar-refractivity contribution in [2.45, 2.75) is 51.1 Å². The lowest BCUT2D eigenvalue weighted by Gasteiger charge is -2.36. The summed E-state index contributed by atoms with van der Waals surface area (Å²) >= 11 is 0. The first-order valence-corrected chi connectivity index (χ1v) is 12.2. The van der Waals surface area contributed by atoms with E-state index >= 15 is 0 Å². The van der Waals surface area contributed by atoms with E-state index in [-0.39, 0.29) is 29.4 Å². The lowest BCUT2D eigenvalue weighted by atomic mass is 10.2. The van der Waals surface area contributed by atoms with Gasteiger partial charge in [0.25, 0.3) is 0 Å². The number of likely N-dealkylation sites (N-methyl/N-ethyl adjacent to an activating group) is 1. The molecule has 10 heteroatoms. The maximum Gasteiger partial charge on any atom is 0.246 e. The molecule has 0 saturated carbocycles. The highest BCUT2D eigenvalue weighted by molar-refractivity contribution is 7.90. The second-order valence-corrected chi connectivity index (χ2v) is 10.2. The molecular formula is C21H30N6O3S. The standard InChI is InChI=1S/C21H30N6O3S/c1-7-14(4)23-15-8-16(10-17(9-15)31(6,29)30)24-21-22-11-18-20(25-21)27(13(2)3)12-19(28)26(18)5/h8-11,13-14,23H,7,12H2,1-6H3,(H,22,24,25). The van der Waals surface area contributed by atoms with E-state index in [9.17, 15) is 13.2 Å². The molecule has 1 aliphatic rings. The number of hydrogen-bond donors (Lipinski definition) is 2. The molecule has 1 aromatic heterocycles. The van der Waals surface area contributed by atoms with Crippen LogP contribution in [0.1, 0.15) is 34.1 Å². The second kappa shape index (κ2) is 8.70. The number of rotatable bonds is 7. The van der Waals surface area contributed by atoms with Crippen molar-refractivity contribution in [3.05, 3.63) is 24.4 Å². The Balaban J connectivity index is 2.00. The van der Waals surface area contributed by atoms with Crippen molar-refractivity contribution in [1.82, 2.24) is 9.97 Å². The van der Waals surface area contributed by atoms with Gasteiger partial charge in [-0.1, -0.05) is 6.92 Å². The number of nitrogens with one attached hydrogen (secondary N) is 2. The van der Waals surface area contributed by atoms with Gasteiger partial charge in [0.15, 0.2) is 15.7 Å². The summed E-state index contributed by atoms with van der Waals surface area (Å²) in [5.74, 6) is 0.964. The lowest BCUT2D eigenvalue weighted by Crippen LogP contribution is -2.47. The summed E-state index contributed by atoms with van der Waals surface area (Å²) in [6, 6.07) is 5.30. The predicted molar refractivity (Wildman–Crippen MR) is 124 cm³/mol. The van der Waals surface area contributed by atoms with E-state index in [0.717, 1.165) is 6.42 Å². The number of amides is 1. The van der Waals surface area contributed by atoms with Crippen LogP contribution in [-0.4, -0.2) is 56.2 Å². The normalized spacial score (nSPS) is 15.1. The minimum atomic E-state index is -3.40. The SMILES string of the molecule is CCC(C)Nc1cc(Nc2ncc3c(n2)N(C(C)C)CC(=O)N3C)cc(S(C)(=O)=O)c1. The Labute approximate surface area is 183 Å². The number of benzene rings is 1. The first-order chi connectivity index (χ1) is 14.5. The fraction of sp³-hybridized carbons (Fsp3) is 0.476. The summed E-state index contributed by atoms with van der Waals surface area (Å²) in [5.41, 5.74) is 1.90. The topological polar surface area (TPSA) is 108 Å².